The summed E-state index contributed by atoms with van der Waals surface area (Å²) < 4.78 is 8.84. The predicted molar refractivity (Wildman–Crippen MR) is 112 cm³/mol. The fraction of sp³-hybridized carbons (Fsp3) is 0.500. The van der Waals surface area contributed by atoms with Crippen LogP contribution in [0, 0.1) is 5.92 Å². The van der Waals surface area contributed by atoms with E-state index in [0.717, 1.165) is 6.42 Å². The van der Waals surface area contributed by atoms with Gasteiger partial charge in [0.2, 0.25) is 0 Å². The number of rotatable bonds is 10. The maximum absolute atomic E-state index is 11.2. The van der Waals surface area contributed by atoms with Crippen LogP contribution in [0.1, 0.15) is 91.8 Å². The Labute approximate surface area is 177 Å². The van der Waals surface area contributed by atoms with E-state index in [0.29, 0.717) is 11.1 Å². The second-order valence-corrected chi connectivity index (χ2v) is 7.52. The Morgan fingerprint density at radius 3 is 1.93 bits per heavy atom. The SMILES string of the molecule is CCCCCCCCCCC=CC1CC(=O)OC1=O.O=C1OC(=O)c2ccccc21. The molecule has 30 heavy (non-hydrogen) atoms. The Morgan fingerprint density at radius 1 is 0.833 bits per heavy atom. The summed E-state index contributed by atoms with van der Waals surface area (Å²) in [5, 5.41) is 0. The van der Waals surface area contributed by atoms with Gasteiger partial charge in [-0.25, -0.2) is 9.59 Å². The molecule has 1 fully saturated rings. The summed E-state index contributed by atoms with van der Waals surface area (Å²) in [6, 6.07) is 6.53. The number of unbranched alkanes of at least 4 members (excludes halogenated alkanes) is 8. The standard InChI is InChI=1S/C16H26O3.C8H4O3/c1-2-3-4-5-6-7-8-9-10-11-12-14-13-15(17)19-16(14)18;9-7-5-3-1-2-4-6(5)8(10)11-7/h11-12,14H,2-10,13H2,1H3;1-4H. The first kappa shape index (κ1) is 23.5. The molecular formula is C24H30O6. The van der Waals surface area contributed by atoms with E-state index in [1.807, 2.05) is 12.2 Å². The lowest BCUT2D eigenvalue weighted by Gasteiger charge is -2.00. The van der Waals surface area contributed by atoms with Gasteiger partial charge < -0.3 is 9.47 Å². The van der Waals surface area contributed by atoms with Gasteiger partial charge >= 0.3 is 23.9 Å². The van der Waals surface area contributed by atoms with Crippen molar-refractivity contribution in [3.8, 4) is 0 Å². The molecule has 0 N–H and O–H groups in total. The second-order valence-electron chi connectivity index (χ2n) is 7.52. The smallest absolute Gasteiger partial charge is 0.346 e. The van der Waals surface area contributed by atoms with Crippen molar-refractivity contribution in [1.29, 1.82) is 0 Å². The summed E-state index contributed by atoms with van der Waals surface area (Å²) in [7, 11) is 0. The topological polar surface area (TPSA) is 86.7 Å². The van der Waals surface area contributed by atoms with Gasteiger partial charge in [0.25, 0.3) is 0 Å². The van der Waals surface area contributed by atoms with Crippen LogP contribution in [0.4, 0.5) is 0 Å². The minimum absolute atomic E-state index is 0.215. The normalized spacial score (nSPS) is 17.6. The molecular weight excluding hydrogens is 384 g/mol. The molecule has 2 aliphatic heterocycles. The molecule has 2 aliphatic rings. The molecule has 0 aromatic heterocycles. The van der Waals surface area contributed by atoms with Crippen LogP contribution in [0.15, 0.2) is 36.4 Å². The van der Waals surface area contributed by atoms with Crippen molar-refractivity contribution in [1.82, 2.24) is 0 Å². The molecule has 0 saturated carbocycles. The number of fused-ring (bicyclic) bond motifs is 1. The summed E-state index contributed by atoms with van der Waals surface area (Å²) in [6.07, 6.45) is 15.5. The number of esters is 4. The van der Waals surface area contributed by atoms with Gasteiger partial charge in [0.05, 0.1) is 23.5 Å². The molecule has 1 atom stereocenters. The van der Waals surface area contributed by atoms with Crippen molar-refractivity contribution in [2.75, 3.05) is 0 Å². The van der Waals surface area contributed by atoms with Gasteiger partial charge in [0.15, 0.2) is 0 Å². The average molecular weight is 414 g/mol. The Kier molecular flexibility index (Phi) is 9.98. The van der Waals surface area contributed by atoms with Gasteiger partial charge in [0.1, 0.15) is 0 Å². The van der Waals surface area contributed by atoms with Crippen molar-refractivity contribution >= 4 is 23.9 Å². The van der Waals surface area contributed by atoms with Crippen LogP contribution in [0.5, 0.6) is 0 Å². The highest BCUT2D eigenvalue weighted by Gasteiger charge is 2.31. The van der Waals surface area contributed by atoms with E-state index in [-0.39, 0.29) is 12.3 Å². The number of ether oxygens (including phenoxy) is 2. The molecule has 1 aromatic rings. The van der Waals surface area contributed by atoms with Gasteiger partial charge in [0, 0.05) is 0 Å². The van der Waals surface area contributed by atoms with Crippen LogP contribution in [0.2, 0.25) is 0 Å². The van der Waals surface area contributed by atoms with E-state index in [1.54, 1.807) is 24.3 Å². The number of benzene rings is 1. The molecule has 0 aliphatic carbocycles. The molecule has 0 radical (unpaired) electrons. The first-order valence-electron chi connectivity index (χ1n) is 10.8. The van der Waals surface area contributed by atoms with E-state index >= 15 is 0 Å². The summed E-state index contributed by atoms with van der Waals surface area (Å²) in [6.45, 7) is 2.24. The quantitative estimate of drug-likeness (QED) is 0.227. The second kappa shape index (κ2) is 12.7. The van der Waals surface area contributed by atoms with Crippen LogP contribution in [0.25, 0.3) is 0 Å². The summed E-state index contributed by atoms with van der Waals surface area (Å²) in [4.78, 5) is 43.7. The molecule has 2 heterocycles. The van der Waals surface area contributed by atoms with Crippen LogP contribution in [0.3, 0.4) is 0 Å². The van der Waals surface area contributed by atoms with Gasteiger partial charge in [-0.15, -0.1) is 0 Å². The van der Waals surface area contributed by atoms with Gasteiger partial charge in [-0.1, -0.05) is 76.2 Å². The fourth-order valence-corrected chi connectivity index (χ4v) is 3.33. The number of carbonyl (C=O) groups excluding carboxylic acids is 4. The summed E-state index contributed by atoms with van der Waals surface area (Å²) in [5.41, 5.74) is 0.718. The Morgan fingerprint density at radius 2 is 1.40 bits per heavy atom. The minimum Gasteiger partial charge on any atom is -0.393 e. The highest BCUT2D eigenvalue weighted by Crippen LogP contribution is 2.19. The Bertz CT molecular complexity index is 747. The molecule has 0 spiro atoms. The van der Waals surface area contributed by atoms with Gasteiger partial charge in [-0.3, -0.25) is 9.59 Å². The maximum atomic E-state index is 11.2. The number of cyclic esters (lactones) is 4. The minimum atomic E-state index is -0.550. The molecule has 1 unspecified atom stereocenters. The lowest BCUT2D eigenvalue weighted by molar-refractivity contribution is -0.152. The monoisotopic (exact) mass is 414 g/mol. The zero-order valence-corrected chi connectivity index (χ0v) is 17.6. The van der Waals surface area contributed by atoms with Crippen LogP contribution in [-0.4, -0.2) is 23.9 Å². The third kappa shape index (κ3) is 7.58. The highest BCUT2D eigenvalue weighted by molar-refractivity contribution is 6.14. The molecule has 1 saturated heterocycles. The van der Waals surface area contributed by atoms with Crippen molar-refractivity contribution in [2.45, 2.75) is 71.1 Å². The number of allylic oxidation sites excluding steroid dienone is 1. The maximum Gasteiger partial charge on any atom is 0.346 e. The van der Waals surface area contributed by atoms with E-state index < -0.39 is 23.9 Å². The molecule has 1 aromatic carbocycles. The predicted octanol–water partition coefficient (Wildman–Crippen LogP) is 5.16. The fourth-order valence-electron chi connectivity index (χ4n) is 3.33. The van der Waals surface area contributed by atoms with Crippen LogP contribution in [-0.2, 0) is 19.1 Å². The summed E-state index contributed by atoms with van der Waals surface area (Å²) >= 11 is 0. The van der Waals surface area contributed by atoms with Crippen molar-refractivity contribution in [3.05, 3.63) is 47.5 Å². The molecule has 6 heteroatoms. The van der Waals surface area contributed by atoms with E-state index in [1.165, 1.54) is 51.4 Å². The molecule has 6 nitrogen and oxygen atoms in total. The zero-order valence-electron chi connectivity index (χ0n) is 17.6. The highest BCUT2D eigenvalue weighted by atomic mass is 16.6. The first-order valence-corrected chi connectivity index (χ1v) is 10.8. The van der Waals surface area contributed by atoms with E-state index in [9.17, 15) is 19.2 Å². The van der Waals surface area contributed by atoms with Crippen LogP contribution >= 0.6 is 0 Å². The molecule has 0 amide bonds. The van der Waals surface area contributed by atoms with Crippen molar-refractivity contribution < 1.29 is 28.7 Å². The molecule has 0 bridgehead atoms. The number of hydrogen-bond donors (Lipinski definition) is 0. The van der Waals surface area contributed by atoms with Gasteiger partial charge in [-0.2, -0.15) is 0 Å². The number of carbonyl (C=O) groups is 4. The Hall–Kier alpha value is -2.76. The van der Waals surface area contributed by atoms with Gasteiger partial charge in [-0.05, 0) is 25.0 Å². The first-order chi connectivity index (χ1) is 14.5. The lowest BCUT2D eigenvalue weighted by Crippen LogP contribution is -2.03. The van der Waals surface area contributed by atoms with E-state index in [4.69, 9.17) is 0 Å². The summed E-state index contributed by atoms with van der Waals surface area (Å²) in [5.74, 6) is -2.22. The third-order valence-corrected chi connectivity index (χ3v) is 5.05. The molecule has 162 valence electrons. The lowest BCUT2D eigenvalue weighted by atomic mass is 10.0. The molecule has 3 rings (SSSR count). The largest absolute Gasteiger partial charge is 0.393 e. The number of hydrogen-bond acceptors (Lipinski definition) is 6. The third-order valence-electron chi connectivity index (χ3n) is 5.05. The van der Waals surface area contributed by atoms with Crippen molar-refractivity contribution in [3.63, 3.8) is 0 Å². The zero-order chi connectivity index (χ0) is 21.8. The van der Waals surface area contributed by atoms with E-state index in [2.05, 4.69) is 16.4 Å². The van der Waals surface area contributed by atoms with Crippen molar-refractivity contribution in [2.24, 2.45) is 5.92 Å². The average Bonchev–Trinajstić information content (AvgIpc) is 3.21. The Balaban J connectivity index is 0.000000244. The van der Waals surface area contributed by atoms with Crippen LogP contribution < -0.4 is 0 Å².